The number of hydrogen-bond acceptors (Lipinski definition) is 3. The predicted molar refractivity (Wildman–Crippen MR) is 90.4 cm³/mol. The maximum absolute atomic E-state index is 12.5. The van der Waals surface area contributed by atoms with E-state index in [1.807, 2.05) is 31.2 Å². The van der Waals surface area contributed by atoms with E-state index in [1.54, 1.807) is 4.90 Å². The summed E-state index contributed by atoms with van der Waals surface area (Å²) in [5.74, 6) is -0.165. The molecule has 0 radical (unpaired) electrons. The van der Waals surface area contributed by atoms with E-state index in [-0.39, 0.29) is 17.9 Å². The van der Waals surface area contributed by atoms with Gasteiger partial charge in [0.25, 0.3) is 0 Å². The van der Waals surface area contributed by atoms with Gasteiger partial charge in [-0.2, -0.15) is 0 Å². The van der Waals surface area contributed by atoms with E-state index in [9.17, 15) is 9.59 Å². The van der Waals surface area contributed by atoms with Crippen molar-refractivity contribution in [3.63, 3.8) is 0 Å². The van der Waals surface area contributed by atoms with E-state index < -0.39 is 5.54 Å². The Hall–Kier alpha value is -2.08. The first-order valence-corrected chi connectivity index (χ1v) is 8.22. The Balaban J connectivity index is 1.66. The Labute approximate surface area is 136 Å². The van der Waals surface area contributed by atoms with Crippen molar-refractivity contribution < 1.29 is 9.59 Å². The van der Waals surface area contributed by atoms with E-state index >= 15 is 0 Å². The SMILES string of the molecule is CC1(N)CCCCC1C(=O)Nc1ccc(N2CCNC2=O)cc1. The second-order valence-electron chi connectivity index (χ2n) is 6.72. The van der Waals surface area contributed by atoms with E-state index in [2.05, 4.69) is 10.6 Å². The zero-order valence-electron chi connectivity index (χ0n) is 13.5. The largest absolute Gasteiger partial charge is 0.336 e. The van der Waals surface area contributed by atoms with Crippen LogP contribution in [0.3, 0.4) is 0 Å². The van der Waals surface area contributed by atoms with Crippen molar-refractivity contribution in [1.29, 1.82) is 0 Å². The molecule has 6 nitrogen and oxygen atoms in total. The highest BCUT2D eigenvalue weighted by atomic mass is 16.2. The minimum atomic E-state index is -0.435. The number of benzene rings is 1. The summed E-state index contributed by atoms with van der Waals surface area (Å²) in [5, 5.41) is 5.73. The summed E-state index contributed by atoms with van der Waals surface area (Å²) in [6.45, 7) is 3.29. The highest BCUT2D eigenvalue weighted by molar-refractivity contribution is 5.96. The molecule has 2 atom stereocenters. The average molecular weight is 316 g/mol. The minimum absolute atomic E-state index is 0.0126. The van der Waals surface area contributed by atoms with Crippen LogP contribution in [0.2, 0.25) is 0 Å². The van der Waals surface area contributed by atoms with Crippen molar-refractivity contribution in [2.75, 3.05) is 23.3 Å². The topological polar surface area (TPSA) is 87.5 Å². The summed E-state index contributed by atoms with van der Waals surface area (Å²) in [6.07, 6.45) is 3.86. The van der Waals surface area contributed by atoms with Gasteiger partial charge in [-0.3, -0.25) is 9.69 Å². The molecule has 0 aromatic heterocycles. The lowest BCUT2D eigenvalue weighted by atomic mass is 9.74. The van der Waals surface area contributed by atoms with E-state index in [0.29, 0.717) is 13.1 Å². The van der Waals surface area contributed by atoms with Gasteiger partial charge in [0.05, 0.1) is 5.92 Å². The third-order valence-corrected chi connectivity index (χ3v) is 4.87. The number of carbonyl (C=O) groups excluding carboxylic acids is 2. The maximum atomic E-state index is 12.5. The van der Waals surface area contributed by atoms with Gasteiger partial charge >= 0.3 is 6.03 Å². The first-order valence-electron chi connectivity index (χ1n) is 8.22. The van der Waals surface area contributed by atoms with Gasteiger partial charge in [0.1, 0.15) is 0 Å². The Morgan fingerprint density at radius 1 is 1.35 bits per heavy atom. The summed E-state index contributed by atoms with van der Waals surface area (Å²) in [6, 6.07) is 7.28. The number of anilines is 2. The maximum Gasteiger partial charge on any atom is 0.321 e. The van der Waals surface area contributed by atoms with Crippen molar-refractivity contribution >= 4 is 23.3 Å². The Bertz CT molecular complexity index is 597. The summed E-state index contributed by atoms with van der Waals surface area (Å²) in [5.41, 5.74) is 7.42. The molecule has 4 N–H and O–H groups in total. The normalized spacial score (nSPS) is 27.7. The van der Waals surface area contributed by atoms with E-state index in [1.165, 1.54) is 0 Å². The van der Waals surface area contributed by atoms with Crippen LogP contribution in [-0.2, 0) is 4.79 Å². The zero-order chi connectivity index (χ0) is 16.4. The van der Waals surface area contributed by atoms with Gasteiger partial charge in [-0.25, -0.2) is 4.79 Å². The van der Waals surface area contributed by atoms with Crippen LogP contribution in [0.25, 0.3) is 0 Å². The van der Waals surface area contributed by atoms with Crippen molar-refractivity contribution in [2.24, 2.45) is 11.7 Å². The van der Waals surface area contributed by atoms with Gasteiger partial charge in [0.15, 0.2) is 0 Å². The molecule has 1 heterocycles. The number of hydrogen-bond donors (Lipinski definition) is 3. The number of carbonyl (C=O) groups is 2. The summed E-state index contributed by atoms with van der Waals surface area (Å²) < 4.78 is 0. The number of nitrogens with one attached hydrogen (secondary N) is 2. The lowest BCUT2D eigenvalue weighted by Crippen LogP contribution is -2.51. The Morgan fingerprint density at radius 2 is 2.09 bits per heavy atom. The van der Waals surface area contributed by atoms with Crippen LogP contribution in [0.15, 0.2) is 24.3 Å². The number of urea groups is 1. The summed E-state index contributed by atoms with van der Waals surface area (Å²) >= 11 is 0. The molecule has 2 aliphatic rings. The van der Waals surface area contributed by atoms with Gasteiger partial charge in [-0.05, 0) is 44.0 Å². The number of nitrogens with zero attached hydrogens (tertiary/aromatic N) is 1. The third-order valence-electron chi connectivity index (χ3n) is 4.87. The lowest BCUT2D eigenvalue weighted by molar-refractivity contribution is -0.122. The Kier molecular flexibility index (Phi) is 4.26. The standard InChI is InChI=1S/C17H24N4O2/c1-17(18)9-3-2-4-14(17)15(22)20-12-5-7-13(8-6-12)21-11-10-19-16(21)23/h5-8,14H,2-4,9-11,18H2,1H3,(H,19,23)(H,20,22). The van der Waals surface area contributed by atoms with Crippen LogP contribution in [-0.4, -0.2) is 30.6 Å². The van der Waals surface area contributed by atoms with Crippen molar-refractivity contribution in [3.05, 3.63) is 24.3 Å². The molecule has 1 saturated carbocycles. The fraction of sp³-hybridized carbons (Fsp3) is 0.529. The van der Waals surface area contributed by atoms with Crippen LogP contribution in [0.5, 0.6) is 0 Å². The fourth-order valence-electron chi connectivity index (χ4n) is 3.46. The molecule has 1 aliphatic carbocycles. The van der Waals surface area contributed by atoms with Crippen LogP contribution in [0.4, 0.5) is 16.2 Å². The summed E-state index contributed by atoms with van der Waals surface area (Å²) in [4.78, 5) is 25.8. The fourth-order valence-corrected chi connectivity index (χ4v) is 3.46. The molecule has 1 aliphatic heterocycles. The van der Waals surface area contributed by atoms with Crippen LogP contribution in [0.1, 0.15) is 32.6 Å². The minimum Gasteiger partial charge on any atom is -0.336 e. The zero-order valence-corrected chi connectivity index (χ0v) is 13.5. The number of nitrogens with two attached hydrogens (primary N) is 1. The molecule has 23 heavy (non-hydrogen) atoms. The Morgan fingerprint density at radius 3 is 2.70 bits per heavy atom. The van der Waals surface area contributed by atoms with Crippen molar-refractivity contribution in [1.82, 2.24) is 5.32 Å². The molecule has 1 aromatic carbocycles. The molecule has 1 saturated heterocycles. The van der Waals surface area contributed by atoms with Gasteiger partial charge < -0.3 is 16.4 Å². The highest BCUT2D eigenvalue weighted by Gasteiger charge is 2.37. The van der Waals surface area contributed by atoms with Crippen LogP contribution < -0.4 is 21.3 Å². The van der Waals surface area contributed by atoms with E-state index in [0.717, 1.165) is 37.1 Å². The van der Waals surface area contributed by atoms with Gasteiger partial charge in [0.2, 0.25) is 5.91 Å². The van der Waals surface area contributed by atoms with Gasteiger partial charge in [-0.1, -0.05) is 12.8 Å². The van der Waals surface area contributed by atoms with Crippen molar-refractivity contribution in [2.45, 2.75) is 38.1 Å². The average Bonchev–Trinajstić information content (AvgIpc) is 2.93. The molecular weight excluding hydrogens is 292 g/mol. The molecule has 3 amide bonds. The molecule has 124 valence electrons. The highest BCUT2D eigenvalue weighted by Crippen LogP contribution is 2.32. The smallest absolute Gasteiger partial charge is 0.321 e. The second-order valence-corrected chi connectivity index (χ2v) is 6.72. The molecule has 0 spiro atoms. The van der Waals surface area contributed by atoms with Gasteiger partial charge in [-0.15, -0.1) is 0 Å². The number of amides is 3. The molecule has 6 heteroatoms. The molecule has 2 fully saturated rings. The monoisotopic (exact) mass is 316 g/mol. The third kappa shape index (κ3) is 3.32. The first-order chi connectivity index (χ1) is 11.0. The predicted octanol–water partition coefficient (Wildman–Crippen LogP) is 2.06. The summed E-state index contributed by atoms with van der Waals surface area (Å²) in [7, 11) is 0. The molecule has 3 rings (SSSR count). The quantitative estimate of drug-likeness (QED) is 0.797. The second kappa shape index (κ2) is 6.20. The molecular formula is C17H24N4O2. The lowest BCUT2D eigenvalue weighted by Gasteiger charge is -2.37. The van der Waals surface area contributed by atoms with E-state index in [4.69, 9.17) is 5.73 Å². The molecule has 0 bridgehead atoms. The van der Waals surface area contributed by atoms with Crippen LogP contribution >= 0.6 is 0 Å². The first kappa shape index (κ1) is 15.8. The van der Waals surface area contributed by atoms with Crippen molar-refractivity contribution in [3.8, 4) is 0 Å². The van der Waals surface area contributed by atoms with Gasteiger partial charge in [0, 0.05) is 30.0 Å². The molecule has 2 unspecified atom stereocenters. The molecule has 1 aromatic rings. The van der Waals surface area contributed by atoms with Crippen LogP contribution in [0, 0.1) is 5.92 Å². The number of rotatable bonds is 3.